The lowest BCUT2D eigenvalue weighted by Crippen LogP contribution is -2.06. The highest BCUT2D eigenvalue weighted by Gasteiger charge is 2.10. The van der Waals surface area contributed by atoms with Crippen molar-refractivity contribution in [1.82, 2.24) is 4.98 Å². The Balaban J connectivity index is 2.15. The predicted octanol–water partition coefficient (Wildman–Crippen LogP) is 3.16. The van der Waals surface area contributed by atoms with Crippen LogP contribution >= 0.6 is 11.3 Å². The Labute approximate surface area is 104 Å². The highest BCUT2D eigenvalue weighted by molar-refractivity contribution is 7.07. The quantitative estimate of drug-likeness (QED) is 0.779. The molecule has 0 amide bonds. The number of nitrogens with zero attached hydrogens (tertiary/aromatic N) is 1. The standard InChI is InChI=1S/C13H13NO2S/c1-9(2)16-11-5-3-10(4-6-11)13(15)12-7-17-8-14-12/h3-9H,1-2H3. The van der Waals surface area contributed by atoms with Gasteiger partial charge >= 0.3 is 0 Å². The second-order valence-corrected chi connectivity index (χ2v) is 4.61. The topological polar surface area (TPSA) is 39.2 Å². The van der Waals surface area contributed by atoms with Crippen molar-refractivity contribution < 1.29 is 9.53 Å². The lowest BCUT2D eigenvalue weighted by Gasteiger charge is -2.09. The van der Waals surface area contributed by atoms with E-state index in [9.17, 15) is 4.79 Å². The third-order valence-electron chi connectivity index (χ3n) is 2.15. The third kappa shape index (κ3) is 2.91. The molecule has 0 spiro atoms. The zero-order valence-corrected chi connectivity index (χ0v) is 10.5. The van der Waals surface area contributed by atoms with Crippen LogP contribution in [0, 0.1) is 0 Å². The van der Waals surface area contributed by atoms with Gasteiger partial charge in [-0.1, -0.05) is 0 Å². The van der Waals surface area contributed by atoms with Crippen molar-refractivity contribution in [2.24, 2.45) is 0 Å². The largest absolute Gasteiger partial charge is 0.491 e. The minimum Gasteiger partial charge on any atom is -0.491 e. The van der Waals surface area contributed by atoms with Crippen molar-refractivity contribution in [2.75, 3.05) is 0 Å². The summed E-state index contributed by atoms with van der Waals surface area (Å²) >= 11 is 1.42. The average Bonchev–Trinajstić information content (AvgIpc) is 2.82. The van der Waals surface area contributed by atoms with Crippen LogP contribution in [0.3, 0.4) is 0 Å². The molecule has 2 aromatic rings. The summed E-state index contributed by atoms with van der Waals surface area (Å²) in [6.45, 7) is 3.93. The smallest absolute Gasteiger partial charge is 0.212 e. The maximum absolute atomic E-state index is 11.9. The lowest BCUT2D eigenvalue weighted by molar-refractivity contribution is 0.103. The van der Waals surface area contributed by atoms with Gasteiger partial charge < -0.3 is 4.74 Å². The summed E-state index contributed by atoms with van der Waals surface area (Å²) in [4.78, 5) is 15.9. The molecular weight excluding hydrogens is 234 g/mol. The van der Waals surface area contributed by atoms with Crippen LogP contribution in [0.5, 0.6) is 5.75 Å². The molecule has 0 bridgehead atoms. The van der Waals surface area contributed by atoms with Crippen molar-refractivity contribution in [2.45, 2.75) is 20.0 Å². The zero-order valence-electron chi connectivity index (χ0n) is 9.71. The summed E-state index contributed by atoms with van der Waals surface area (Å²) in [5.74, 6) is 0.720. The molecule has 1 aromatic carbocycles. The number of hydrogen-bond acceptors (Lipinski definition) is 4. The number of hydrogen-bond donors (Lipinski definition) is 0. The first-order valence-corrected chi connectivity index (χ1v) is 6.30. The first kappa shape index (κ1) is 11.8. The number of thiazole rings is 1. The summed E-state index contributed by atoms with van der Waals surface area (Å²) in [6, 6.07) is 7.14. The van der Waals surface area contributed by atoms with E-state index in [-0.39, 0.29) is 11.9 Å². The van der Waals surface area contributed by atoms with E-state index in [1.54, 1.807) is 35.2 Å². The van der Waals surface area contributed by atoms with Crippen molar-refractivity contribution in [3.63, 3.8) is 0 Å². The van der Waals surface area contributed by atoms with E-state index in [4.69, 9.17) is 4.74 Å². The maximum atomic E-state index is 11.9. The molecule has 3 nitrogen and oxygen atoms in total. The lowest BCUT2D eigenvalue weighted by atomic mass is 10.1. The van der Waals surface area contributed by atoms with Crippen molar-refractivity contribution in [3.05, 3.63) is 46.4 Å². The van der Waals surface area contributed by atoms with E-state index in [0.717, 1.165) is 5.75 Å². The van der Waals surface area contributed by atoms with Crippen LogP contribution in [0.15, 0.2) is 35.2 Å². The zero-order chi connectivity index (χ0) is 12.3. The Morgan fingerprint density at radius 2 is 2.00 bits per heavy atom. The normalized spacial score (nSPS) is 10.5. The van der Waals surface area contributed by atoms with E-state index in [0.29, 0.717) is 11.3 Å². The molecule has 88 valence electrons. The van der Waals surface area contributed by atoms with Crippen LogP contribution in [0.1, 0.15) is 29.9 Å². The van der Waals surface area contributed by atoms with Gasteiger partial charge in [-0.25, -0.2) is 4.98 Å². The van der Waals surface area contributed by atoms with Crippen LogP contribution in [0.2, 0.25) is 0 Å². The van der Waals surface area contributed by atoms with Gasteiger partial charge in [-0.15, -0.1) is 11.3 Å². The molecule has 2 rings (SSSR count). The molecule has 1 heterocycles. The molecule has 0 saturated carbocycles. The Morgan fingerprint density at radius 1 is 1.29 bits per heavy atom. The number of aromatic nitrogens is 1. The van der Waals surface area contributed by atoms with Gasteiger partial charge in [-0.05, 0) is 38.1 Å². The molecule has 4 heteroatoms. The number of carbonyl (C=O) groups is 1. The molecule has 0 unspecified atom stereocenters. The summed E-state index contributed by atoms with van der Waals surface area (Å²) in [5.41, 5.74) is 2.78. The molecule has 0 aliphatic rings. The fourth-order valence-corrected chi connectivity index (χ4v) is 1.96. The monoisotopic (exact) mass is 247 g/mol. The summed E-state index contributed by atoms with van der Waals surface area (Å²) in [5, 5.41) is 1.75. The van der Waals surface area contributed by atoms with E-state index >= 15 is 0 Å². The Bertz CT molecular complexity index is 489. The Hall–Kier alpha value is -1.68. The second-order valence-electron chi connectivity index (χ2n) is 3.89. The number of carbonyl (C=O) groups excluding carboxylic acids is 1. The van der Waals surface area contributed by atoms with Crippen LogP contribution in [-0.2, 0) is 0 Å². The molecule has 0 saturated heterocycles. The van der Waals surface area contributed by atoms with Gasteiger partial charge in [0, 0.05) is 10.9 Å². The Morgan fingerprint density at radius 3 is 2.53 bits per heavy atom. The van der Waals surface area contributed by atoms with E-state index in [1.165, 1.54) is 11.3 Å². The van der Waals surface area contributed by atoms with Gasteiger partial charge in [0.15, 0.2) is 0 Å². The number of benzene rings is 1. The minimum absolute atomic E-state index is 0.0534. The first-order chi connectivity index (χ1) is 8.16. The highest BCUT2D eigenvalue weighted by Crippen LogP contribution is 2.16. The van der Waals surface area contributed by atoms with Crippen molar-refractivity contribution >= 4 is 17.1 Å². The number of rotatable bonds is 4. The SMILES string of the molecule is CC(C)Oc1ccc(C(=O)c2cscn2)cc1. The molecule has 0 aliphatic carbocycles. The summed E-state index contributed by atoms with van der Waals surface area (Å²) in [6.07, 6.45) is 0.134. The molecule has 1 aromatic heterocycles. The van der Waals surface area contributed by atoms with Crippen LogP contribution < -0.4 is 4.74 Å². The number of ether oxygens (including phenoxy) is 1. The third-order valence-corrected chi connectivity index (χ3v) is 2.74. The van der Waals surface area contributed by atoms with E-state index < -0.39 is 0 Å². The van der Waals surface area contributed by atoms with Crippen molar-refractivity contribution in [3.8, 4) is 5.75 Å². The van der Waals surface area contributed by atoms with Gasteiger partial charge in [0.2, 0.25) is 5.78 Å². The van der Waals surface area contributed by atoms with Gasteiger partial charge in [0.05, 0.1) is 11.6 Å². The molecule has 0 N–H and O–H groups in total. The second kappa shape index (κ2) is 5.10. The van der Waals surface area contributed by atoms with Crippen LogP contribution in [0.4, 0.5) is 0 Å². The summed E-state index contributed by atoms with van der Waals surface area (Å²) in [7, 11) is 0. The van der Waals surface area contributed by atoms with Gasteiger partial charge in [-0.3, -0.25) is 4.79 Å². The van der Waals surface area contributed by atoms with Crippen molar-refractivity contribution in [1.29, 1.82) is 0 Å². The van der Waals surface area contributed by atoms with Crippen LogP contribution in [0.25, 0.3) is 0 Å². The Kier molecular flexibility index (Phi) is 3.54. The minimum atomic E-state index is -0.0534. The van der Waals surface area contributed by atoms with Crippen LogP contribution in [-0.4, -0.2) is 16.9 Å². The molecule has 0 radical (unpaired) electrons. The molecule has 0 fully saturated rings. The van der Waals surface area contributed by atoms with E-state index in [2.05, 4.69) is 4.98 Å². The fourth-order valence-electron chi connectivity index (χ4n) is 1.43. The molecule has 0 aliphatic heterocycles. The first-order valence-electron chi connectivity index (χ1n) is 5.36. The predicted molar refractivity (Wildman–Crippen MR) is 67.8 cm³/mol. The van der Waals surface area contributed by atoms with Gasteiger partial charge in [0.1, 0.15) is 11.4 Å². The molecular formula is C13H13NO2S. The average molecular weight is 247 g/mol. The maximum Gasteiger partial charge on any atom is 0.212 e. The summed E-state index contributed by atoms with van der Waals surface area (Å²) < 4.78 is 5.51. The number of ketones is 1. The molecule has 0 atom stereocenters. The van der Waals surface area contributed by atoms with Gasteiger partial charge in [-0.2, -0.15) is 0 Å². The van der Waals surface area contributed by atoms with Gasteiger partial charge in [0.25, 0.3) is 0 Å². The van der Waals surface area contributed by atoms with E-state index in [1.807, 2.05) is 13.8 Å². The fraction of sp³-hybridized carbons (Fsp3) is 0.231. The molecule has 17 heavy (non-hydrogen) atoms. The highest BCUT2D eigenvalue weighted by atomic mass is 32.1.